The molecule has 0 aliphatic carbocycles. The first kappa shape index (κ1) is 28.2. The summed E-state index contributed by atoms with van der Waals surface area (Å²) in [6.07, 6.45) is 1.51. The minimum atomic E-state index is -1.01. The standard InChI is InChI=1S/C32H21BrClN3O6/c1-41-27-14-21(24(33)15-28(27)42-17-18-5-4-6-19(11-18)32(39)40)16-35-37-30(36-25-8-3-2-7-23(25)31(37)38)29-13-20-12-22(34)9-10-26(20)43-29/h2-16H,17H2,1H3,(H,39,40). The van der Waals surface area contributed by atoms with Gasteiger partial charge in [0.2, 0.25) is 5.82 Å². The zero-order valence-electron chi connectivity index (χ0n) is 22.5. The van der Waals surface area contributed by atoms with Crippen molar-refractivity contribution in [1.29, 1.82) is 0 Å². The summed E-state index contributed by atoms with van der Waals surface area (Å²) in [5.74, 6) is 0.402. The second kappa shape index (κ2) is 11.7. The Labute approximate surface area is 257 Å². The lowest BCUT2D eigenvalue weighted by molar-refractivity contribution is 0.0696. The molecule has 6 aromatic rings. The first-order valence-corrected chi connectivity index (χ1v) is 14.1. The van der Waals surface area contributed by atoms with Gasteiger partial charge in [-0.05, 0) is 82.2 Å². The maximum absolute atomic E-state index is 13.6. The number of carbonyl (C=O) groups is 1. The summed E-state index contributed by atoms with van der Waals surface area (Å²) in [7, 11) is 1.51. The third-order valence-electron chi connectivity index (χ3n) is 6.62. The van der Waals surface area contributed by atoms with Crippen LogP contribution < -0.4 is 15.0 Å². The maximum Gasteiger partial charge on any atom is 0.335 e. The van der Waals surface area contributed by atoms with Crippen LogP contribution >= 0.6 is 27.5 Å². The SMILES string of the molecule is COc1cc(C=Nn2c(-c3cc4cc(Cl)ccc4o3)nc3ccccc3c2=O)c(Br)cc1OCc1cccc(C(=O)O)c1. The lowest BCUT2D eigenvalue weighted by atomic mass is 10.1. The van der Waals surface area contributed by atoms with Crippen LogP contribution in [0.3, 0.4) is 0 Å². The Bertz CT molecular complexity index is 2120. The van der Waals surface area contributed by atoms with Gasteiger partial charge in [-0.2, -0.15) is 9.78 Å². The number of furan rings is 1. The van der Waals surface area contributed by atoms with E-state index in [2.05, 4.69) is 21.0 Å². The third kappa shape index (κ3) is 5.75. The van der Waals surface area contributed by atoms with Crippen LogP contribution in [0.1, 0.15) is 21.5 Å². The number of methoxy groups -OCH3 is 1. The second-order valence-corrected chi connectivity index (χ2v) is 10.7. The van der Waals surface area contributed by atoms with Crippen molar-refractivity contribution in [1.82, 2.24) is 9.66 Å². The molecule has 6 rings (SSSR count). The molecule has 1 N–H and O–H groups in total. The Morgan fingerprint density at radius 2 is 1.91 bits per heavy atom. The Balaban J connectivity index is 1.37. The van der Waals surface area contributed by atoms with E-state index in [9.17, 15) is 14.7 Å². The van der Waals surface area contributed by atoms with Crippen LogP contribution in [-0.2, 0) is 6.61 Å². The lowest BCUT2D eigenvalue weighted by Crippen LogP contribution is -2.20. The summed E-state index contributed by atoms with van der Waals surface area (Å²) in [4.78, 5) is 29.6. The molecular weight excluding hydrogens is 638 g/mol. The Morgan fingerprint density at radius 3 is 2.72 bits per heavy atom. The quantitative estimate of drug-likeness (QED) is 0.170. The van der Waals surface area contributed by atoms with Crippen LogP contribution in [0, 0.1) is 0 Å². The van der Waals surface area contributed by atoms with Gasteiger partial charge in [0, 0.05) is 20.4 Å². The molecule has 2 heterocycles. The highest BCUT2D eigenvalue weighted by atomic mass is 79.9. The molecule has 9 nitrogen and oxygen atoms in total. The van der Waals surface area contributed by atoms with Crippen LogP contribution in [0.15, 0.2) is 104 Å². The molecule has 0 aliphatic heterocycles. The van der Waals surface area contributed by atoms with Gasteiger partial charge in [0.15, 0.2) is 17.3 Å². The molecule has 4 aromatic carbocycles. The molecule has 0 saturated carbocycles. The minimum absolute atomic E-state index is 0.127. The van der Waals surface area contributed by atoms with Gasteiger partial charge in [-0.3, -0.25) is 4.79 Å². The smallest absolute Gasteiger partial charge is 0.335 e. The molecule has 43 heavy (non-hydrogen) atoms. The highest BCUT2D eigenvalue weighted by molar-refractivity contribution is 9.10. The van der Waals surface area contributed by atoms with Gasteiger partial charge in [-0.25, -0.2) is 9.78 Å². The molecule has 0 spiro atoms. The summed E-state index contributed by atoms with van der Waals surface area (Å²) in [6, 6.07) is 24.0. The van der Waals surface area contributed by atoms with E-state index in [1.807, 2.05) is 0 Å². The van der Waals surface area contributed by atoms with E-state index in [1.165, 1.54) is 24.1 Å². The van der Waals surface area contributed by atoms with Crippen molar-refractivity contribution in [2.75, 3.05) is 7.11 Å². The van der Waals surface area contributed by atoms with Crippen molar-refractivity contribution >= 4 is 61.6 Å². The van der Waals surface area contributed by atoms with Crippen LogP contribution in [0.4, 0.5) is 0 Å². The Morgan fingerprint density at radius 1 is 1.07 bits per heavy atom. The molecule has 0 atom stereocenters. The number of benzene rings is 4. The monoisotopic (exact) mass is 657 g/mol. The number of carboxylic acids is 1. The predicted octanol–water partition coefficient (Wildman–Crippen LogP) is 7.39. The van der Waals surface area contributed by atoms with Crippen LogP contribution in [0.2, 0.25) is 5.02 Å². The van der Waals surface area contributed by atoms with Gasteiger partial charge >= 0.3 is 5.97 Å². The van der Waals surface area contributed by atoms with Crippen molar-refractivity contribution in [2.24, 2.45) is 5.10 Å². The molecule has 0 fully saturated rings. The number of carboxylic acid groups (broad SMARTS) is 1. The number of hydrogen-bond acceptors (Lipinski definition) is 7. The molecule has 0 bridgehead atoms. The van der Waals surface area contributed by atoms with E-state index < -0.39 is 5.97 Å². The summed E-state index contributed by atoms with van der Waals surface area (Å²) in [5.41, 5.74) is 2.18. The number of aromatic nitrogens is 2. The molecule has 0 unspecified atom stereocenters. The molecule has 2 aromatic heterocycles. The summed E-state index contributed by atoms with van der Waals surface area (Å²) >= 11 is 9.72. The number of halogens is 2. The van der Waals surface area contributed by atoms with Gasteiger partial charge in [-0.1, -0.05) is 35.9 Å². The van der Waals surface area contributed by atoms with Crippen molar-refractivity contribution in [3.8, 4) is 23.1 Å². The van der Waals surface area contributed by atoms with Gasteiger partial charge in [-0.15, -0.1) is 0 Å². The van der Waals surface area contributed by atoms with Gasteiger partial charge in [0.25, 0.3) is 5.56 Å². The van der Waals surface area contributed by atoms with E-state index >= 15 is 0 Å². The van der Waals surface area contributed by atoms with Crippen molar-refractivity contribution in [3.63, 3.8) is 0 Å². The van der Waals surface area contributed by atoms with Crippen LogP contribution in [0.25, 0.3) is 33.5 Å². The van der Waals surface area contributed by atoms with E-state index in [0.29, 0.717) is 54.4 Å². The number of para-hydroxylation sites is 1. The molecule has 214 valence electrons. The number of nitrogens with zero attached hydrogens (tertiary/aromatic N) is 3. The van der Waals surface area contributed by atoms with E-state index in [4.69, 9.17) is 30.5 Å². The fraction of sp³-hybridized carbons (Fsp3) is 0.0625. The zero-order chi connectivity index (χ0) is 30.1. The summed E-state index contributed by atoms with van der Waals surface area (Å²) in [6.45, 7) is 0.127. The van der Waals surface area contributed by atoms with Crippen molar-refractivity contribution in [3.05, 3.63) is 121 Å². The Kier molecular flexibility index (Phi) is 7.71. The fourth-order valence-corrected chi connectivity index (χ4v) is 5.12. The van der Waals surface area contributed by atoms with Crippen molar-refractivity contribution in [2.45, 2.75) is 6.61 Å². The van der Waals surface area contributed by atoms with E-state index in [-0.39, 0.29) is 23.6 Å². The summed E-state index contributed by atoms with van der Waals surface area (Å²) < 4.78 is 19.3. The number of hydrogen-bond donors (Lipinski definition) is 1. The minimum Gasteiger partial charge on any atom is -0.493 e. The van der Waals surface area contributed by atoms with Crippen LogP contribution in [0.5, 0.6) is 11.5 Å². The van der Waals surface area contributed by atoms with Gasteiger partial charge < -0.3 is 19.0 Å². The second-order valence-electron chi connectivity index (χ2n) is 9.43. The third-order valence-corrected chi connectivity index (χ3v) is 7.54. The normalized spacial score (nSPS) is 11.4. The van der Waals surface area contributed by atoms with Crippen molar-refractivity contribution < 1.29 is 23.8 Å². The van der Waals surface area contributed by atoms with E-state index in [0.717, 1.165) is 5.39 Å². The zero-order valence-corrected chi connectivity index (χ0v) is 24.8. The molecule has 0 amide bonds. The first-order valence-electron chi connectivity index (χ1n) is 12.9. The number of ether oxygens (including phenoxy) is 2. The number of aromatic carboxylic acids is 1. The topological polar surface area (TPSA) is 116 Å². The average Bonchev–Trinajstić information content (AvgIpc) is 3.43. The summed E-state index contributed by atoms with van der Waals surface area (Å²) in [5, 5.41) is 15.5. The molecular formula is C32H21BrClN3O6. The number of fused-ring (bicyclic) bond motifs is 2. The fourth-order valence-electron chi connectivity index (χ4n) is 4.51. The Hall–Kier alpha value is -4.93. The lowest BCUT2D eigenvalue weighted by Gasteiger charge is -2.13. The molecule has 0 aliphatic rings. The van der Waals surface area contributed by atoms with Gasteiger partial charge in [0.1, 0.15) is 12.2 Å². The predicted molar refractivity (Wildman–Crippen MR) is 168 cm³/mol. The van der Waals surface area contributed by atoms with Gasteiger partial charge in [0.05, 0.1) is 29.8 Å². The molecule has 0 saturated heterocycles. The highest BCUT2D eigenvalue weighted by Gasteiger charge is 2.17. The molecule has 11 heteroatoms. The van der Waals surface area contributed by atoms with E-state index in [1.54, 1.807) is 78.9 Å². The molecule has 0 radical (unpaired) electrons. The first-order chi connectivity index (χ1) is 20.8. The maximum atomic E-state index is 13.6. The highest BCUT2D eigenvalue weighted by Crippen LogP contribution is 2.34. The number of rotatable bonds is 8. The largest absolute Gasteiger partial charge is 0.493 e. The average molecular weight is 659 g/mol. The van der Waals surface area contributed by atoms with Crippen LogP contribution in [-0.4, -0.2) is 34.1 Å².